The molecule has 0 unspecified atom stereocenters. The van der Waals surface area contributed by atoms with Gasteiger partial charge in [0.2, 0.25) is 0 Å². The third-order valence-electron chi connectivity index (χ3n) is 4.54. The molecular formula is C20H20O5. The Morgan fingerprint density at radius 1 is 1.20 bits per heavy atom. The van der Waals surface area contributed by atoms with E-state index in [-0.39, 0.29) is 5.60 Å². The minimum absolute atomic E-state index is 0.0414. The van der Waals surface area contributed by atoms with Crippen molar-refractivity contribution >= 4 is 21.9 Å². The molecule has 1 fully saturated rings. The molecule has 1 aliphatic heterocycles. The van der Waals surface area contributed by atoms with E-state index in [0.717, 1.165) is 23.6 Å². The van der Waals surface area contributed by atoms with Gasteiger partial charge in [0.15, 0.2) is 0 Å². The van der Waals surface area contributed by atoms with E-state index in [1.807, 2.05) is 18.2 Å². The Hall–Kier alpha value is -2.53. The average molecular weight is 340 g/mol. The second-order valence-corrected chi connectivity index (χ2v) is 6.81. The van der Waals surface area contributed by atoms with E-state index < -0.39 is 5.63 Å². The number of fused-ring (bicyclic) bond motifs is 2. The molecule has 3 heterocycles. The molecule has 2 aromatic heterocycles. The molecule has 0 N–H and O–H groups in total. The zero-order valence-corrected chi connectivity index (χ0v) is 14.3. The third-order valence-corrected chi connectivity index (χ3v) is 4.54. The van der Waals surface area contributed by atoms with Crippen molar-refractivity contribution in [1.82, 2.24) is 0 Å². The fourth-order valence-corrected chi connectivity index (χ4v) is 3.02. The lowest BCUT2D eigenvalue weighted by atomic mass is 10.1. The minimum Gasteiger partial charge on any atom is -0.488 e. The maximum absolute atomic E-state index is 11.7. The molecule has 0 amide bonds. The lowest BCUT2D eigenvalue weighted by Gasteiger charge is -2.06. The van der Waals surface area contributed by atoms with Gasteiger partial charge in [-0.3, -0.25) is 0 Å². The van der Waals surface area contributed by atoms with Crippen molar-refractivity contribution in [2.75, 3.05) is 6.61 Å². The predicted molar refractivity (Wildman–Crippen MR) is 95.1 cm³/mol. The Morgan fingerprint density at radius 2 is 2.04 bits per heavy atom. The van der Waals surface area contributed by atoms with Gasteiger partial charge in [-0.05, 0) is 38.8 Å². The first-order valence-corrected chi connectivity index (χ1v) is 8.44. The number of benzene rings is 1. The number of epoxide rings is 1. The number of furan rings is 1. The molecule has 0 bridgehead atoms. The van der Waals surface area contributed by atoms with Gasteiger partial charge >= 0.3 is 5.63 Å². The molecule has 0 spiro atoms. The van der Waals surface area contributed by atoms with Crippen molar-refractivity contribution in [1.29, 1.82) is 0 Å². The summed E-state index contributed by atoms with van der Waals surface area (Å²) in [6, 6.07) is 6.86. The molecule has 5 heteroatoms. The number of hydrogen-bond donors (Lipinski definition) is 0. The van der Waals surface area contributed by atoms with E-state index in [2.05, 4.69) is 19.9 Å². The molecule has 0 saturated carbocycles. The van der Waals surface area contributed by atoms with Crippen molar-refractivity contribution in [2.24, 2.45) is 0 Å². The Morgan fingerprint density at radius 3 is 2.84 bits per heavy atom. The van der Waals surface area contributed by atoms with Gasteiger partial charge in [0.25, 0.3) is 0 Å². The molecule has 1 aromatic carbocycles. The van der Waals surface area contributed by atoms with Gasteiger partial charge in [0, 0.05) is 11.5 Å². The molecule has 130 valence electrons. The predicted octanol–water partition coefficient (Wildman–Crippen LogP) is 4.43. The number of ether oxygens (including phenoxy) is 2. The summed E-state index contributed by atoms with van der Waals surface area (Å²) >= 11 is 0. The van der Waals surface area contributed by atoms with Crippen LogP contribution in [0, 0.1) is 0 Å². The topological polar surface area (TPSA) is 65.1 Å². The van der Waals surface area contributed by atoms with Crippen molar-refractivity contribution in [2.45, 2.75) is 38.4 Å². The van der Waals surface area contributed by atoms with Crippen LogP contribution >= 0.6 is 0 Å². The average Bonchev–Trinajstić information content (AvgIpc) is 2.95. The lowest BCUT2D eigenvalue weighted by Crippen LogP contribution is -2.02. The van der Waals surface area contributed by atoms with Crippen LogP contribution < -0.4 is 10.4 Å². The summed E-state index contributed by atoms with van der Waals surface area (Å²) in [5, 5.41) is 1.70. The third kappa shape index (κ3) is 3.33. The molecule has 0 radical (unpaired) electrons. The molecule has 4 rings (SSSR count). The van der Waals surface area contributed by atoms with Gasteiger partial charge < -0.3 is 18.3 Å². The van der Waals surface area contributed by atoms with Crippen molar-refractivity contribution in [3.63, 3.8) is 0 Å². The van der Waals surface area contributed by atoms with E-state index in [0.29, 0.717) is 29.6 Å². The maximum atomic E-state index is 11.7. The van der Waals surface area contributed by atoms with Gasteiger partial charge in [-0.25, -0.2) is 4.79 Å². The van der Waals surface area contributed by atoms with Gasteiger partial charge in [-0.2, -0.15) is 0 Å². The number of allylic oxidation sites excluding steroid dienone is 1. The van der Waals surface area contributed by atoms with Crippen LogP contribution in [0.15, 0.2) is 56.3 Å². The Kier molecular flexibility index (Phi) is 3.88. The number of hydrogen-bond acceptors (Lipinski definition) is 5. The monoisotopic (exact) mass is 340 g/mol. The quantitative estimate of drug-likeness (QED) is 0.377. The van der Waals surface area contributed by atoms with Crippen LogP contribution in [0.5, 0.6) is 5.75 Å². The van der Waals surface area contributed by atoms with Crippen LogP contribution in [-0.4, -0.2) is 18.3 Å². The summed E-state index contributed by atoms with van der Waals surface area (Å²) < 4.78 is 21.9. The number of rotatable bonds is 6. The highest BCUT2D eigenvalue weighted by molar-refractivity contribution is 5.95. The second kappa shape index (κ2) is 6.08. The van der Waals surface area contributed by atoms with E-state index in [9.17, 15) is 4.79 Å². The summed E-state index contributed by atoms with van der Waals surface area (Å²) in [6.45, 7) is 4.61. The SMILES string of the molecule is CC1(C)O[C@@H]1CCC=CCOc1cc(=O)oc2cc3occc3cc12. The molecule has 1 aliphatic rings. The van der Waals surface area contributed by atoms with E-state index in [1.54, 1.807) is 12.3 Å². The van der Waals surface area contributed by atoms with Crippen LogP contribution in [0.4, 0.5) is 0 Å². The highest BCUT2D eigenvalue weighted by Gasteiger charge is 2.46. The lowest BCUT2D eigenvalue weighted by molar-refractivity contribution is 0.320. The van der Waals surface area contributed by atoms with E-state index >= 15 is 0 Å². The Labute approximate surface area is 144 Å². The molecule has 1 atom stereocenters. The molecular weight excluding hydrogens is 320 g/mol. The Balaban J connectivity index is 1.44. The zero-order chi connectivity index (χ0) is 17.4. The summed E-state index contributed by atoms with van der Waals surface area (Å²) in [5.41, 5.74) is 0.741. The highest BCUT2D eigenvalue weighted by Crippen LogP contribution is 2.38. The normalized spacial score (nSPS) is 19.0. The van der Waals surface area contributed by atoms with Crippen molar-refractivity contribution in [3.8, 4) is 5.75 Å². The highest BCUT2D eigenvalue weighted by atomic mass is 16.6. The van der Waals surface area contributed by atoms with Crippen LogP contribution in [0.2, 0.25) is 0 Å². The van der Waals surface area contributed by atoms with Crippen LogP contribution in [-0.2, 0) is 4.74 Å². The van der Waals surface area contributed by atoms with Gasteiger partial charge in [0.05, 0.1) is 29.4 Å². The summed E-state index contributed by atoms with van der Waals surface area (Å²) in [5.74, 6) is 0.519. The molecule has 25 heavy (non-hydrogen) atoms. The van der Waals surface area contributed by atoms with Gasteiger partial charge in [-0.15, -0.1) is 0 Å². The fraction of sp³-hybridized carbons (Fsp3) is 0.350. The summed E-state index contributed by atoms with van der Waals surface area (Å²) in [4.78, 5) is 11.7. The first kappa shape index (κ1) is 16.0. The molecule has 5 nitrogen and oxygen atoms in total. The van der Waals surface area contributed by atoms with E-state index in [1.165, 1.54) is 6.07 Å². The minimum atomic E-state index is -0.439. The van der Waals surface area contributed by atoms with Crippen LogP contribution in [0.25, 0.3) is 21.9 Å². The van der Waals surface area contributed by atoms with E-state index in [4.69, 9.17) is 18.3 Å². The fourth-order valence-electron chi connectivity index (χ4n) is 3.02. The smallest absolute Gasteiger partial charge is 0.339 e. The first-order chi connectivity index (χ1) is 12.0. The Bertz CT molecular complexity index is 992. The summed E-state index contributed by atoms with van der Waals surface area (Å²) in [7, 11) is 0. The van der Waals surface area contributed by atoms with Crippen molar-refractivity contribution in [3.05, 3.63) is 53.1 Å². The zero-order valence-electron chi connectivity index (χ0n) is 14.3. The van der Waals surface area contributed by atoms with Crippen molar-refractivity contribution < 1.29 is 18.3 Å². The molecule has 3 aromatic rings. The molecule has 1 saturated heterocycles. The van der Waals surface area contributed by atoms with Crippen LogP contribution in [0.1, 0.15) is 26.7 Å². The van der Waals surface area contributed by atoms with Crippen LogP contribution in [0.3, 0.4) is 0 Å². The van der Waals surface area contributed by atoms with Gasteiger partial charge in [-0.1, -0.05) is 12.2 Å². The largest absolute Gasteiger partial charge is 0.488 e. The van der Waals surface area contributed by atoms with Gasteiger partial charge in [0.1, 0.15) is 23.5 Å². The second-order valence-electron chi connectivity index (χ2n) is 6.81. The molecule has 0 aliphatic carbocycles. The maximum Gasteiger partial charge on any atom is 0.339 e. The standard InChI is InChI=1S/C20H20O5/c1-20(2)18(25-20)6-4-3-5-8-22-16-12-19(21)24-17-11-15-13(7-9-23-15)10-14(16)17/h3,5,7,9-12,18H,4,6,8H2,1-2H3/t18-/m1/s1. The summed E-state index contributed by atoms with van der Waals surface area (Å²) in [6.07, 6.45) is 7.98. The first-order valence-electron chi connectivity index (χ1n) is 8.44.